The molecule has 0 saturated carbocycles. The average molecular weight is 758 g/mol. The molecule has 0 saturated heterocycles. The molecule has 2 nitrogen and oxygen atoms in total. The summed E-state index contributed by atoms with van der Waals surface area (Å²) in [5.41, 5.74) is 14.6. The maximum atomic E-state index is 6.78. The van der Waals surface area contributed by atoms with Gasteiger partial charge >= 0.3 is 0 Å². The average Bonchev–Trinajstić information content (AvgIpc) is 3.96. The molecule has 272 valence electrons. The molecule has 1 aliphatic rings. The van der Waals surface area contributed by atoms with Crippen molar-refractivity contribution in [1.29, 1.82) is 0 Å². The van der Waals surface area contributed by atoms with Crippen LogP contribution in [-0.2, 0) is 5.41 Å². The van der Waals surface area contributed by atoms with Crippen molar-refractivity contribution in [2.75, 3.05) is 4.90 Å². The molecular formula is C55H35NOS. The Kier molecular flexibility index (Phi) is 7.35. The number of furan rings is 1. The predicted molar refractivity (Wildman–Crippen MR) is 244 cm³/mol. The lowest BCUT2D eigenvalue weighted by Crippen LogP contribution is -2.28. The third-order valence-electron chi connectivity index (χ3n) is 12.1. The smallest absolute Gasteiger partial charge is 0.144 e. The van der Waals surface area contributed by atoms with Crippen LogP contribution in [0, 0.1) is 0 Å². The first-order chi connectivity index (χ1) is 28.8. The second kappa shape index (κ2) is 12.9. The number of anilines is 3. The molecule has 0 bridgehead atoms. The normalized spacial score (nSPS) is 13.0. The van der Waals surface area contributed by atoms with Crippen LogP contribution in [0.1, 0.15) is 22.3 Å². The topological polar surface area (TPSA) is 16.4 Å². The van der Waals surface area contributed by atoms with E-state index in [-0.39, 0.29) is 0 Å². The predicted octanol–water partition coefficient (Wildman–Crippen LogP) is 15.5. The summed E-state index contributed by atoms with van der Waals surface area (Å²) in [6.07, 6.45) is 0. The Morgan fingerprint density at radius 3 is 1.81 bits per heavy atom. The molecule has 0 spiro atoms. The first kappa shape index (κ1) is 33.0. The lowest BCUT2D eigenvalue weighted by molar-refractivity contribution is 0.673. The van der Waals surface area contributed by atoms with E-state index in [1.807, 2.05) is 11.3 Å². The van der Waals surface area contributed by atoms with Gasteiger partial charge in [0.15, 0.2) is 0 Å². The third-order valence-corrected chi connectivity index (χ3v) is 13.3. The summed E-state index contributed by atoms with van der Waals surface area (Å²) in [4.78, 5) is 2.52. The molecular weight excluding hydrogens is 723 g/mol. The third kappa shape index (κ3) is 4.71. The molecule has 12 rings (SSSR count). The molecule has 9 aromatic carbocycles. The minimum atomic E-state index is -0.535. The number of rotatable bonds is 6. The van der Waals surface area contributed by atoms with Crippen LogP contribution in [0.15, 0.2) is 217 Å². The van der Waals surface area contributed by atoms with Crippen LogP contribution in [0.3, 0.4) is 0 Å². The molecule has 0 amide bonds. The van der Waals surface area contributed by atoms with Crippen molar-refractivity contribution in [3.8, 4) is 22.3 Å². The fraction of sp³-hybridized carbons (Fsp3) is 0.0182. The van der Waals surface area contributed by atoms with Crippen molar-refractivity contribution in [3.63, 3.8) is 0 Å². The van der Waals surface area contributed by atoms with E-state index in [0.717, 1.165) is 50.0 Å². The Bertz CT molecular complexity index is 3300. The zero-order valence-electron chi connectivity index (χ0n) is 31.5. The van der Waals surface area contributed by atoms with Gasteiger partial charge in [0.25, 0.3) is 0 Å². The molecule has 2 heterocycles. The zero-order chi connectivity index (χ0) is 38.2. The molecule has 0 unspecified atom stereocenters. The first-order valence-electron chi connectivity index (χ1n) is 19.8. The van der Waals surface area contributed by atoms with Crippen molar-refractivity contribution in [1.82, 2.24) is 0 Å². The Labute approximate surface area is 340 Å². The second-order valence-electron chi connectivity index (χ2n) is 15.1. The first-order valence-corrected chi connectivity index (χ1v) is 20.7. The van der Waals surface area contributed by atoms with Gasteiger partial charge in [-0.05, 0) is 75.3 Å². The van der Waals surface area contributed by atoms with E-state index in [1.165, 1.54) is 53.7 Å². The molecule has 1 aliphatic carbocycles. The minimum Gasteiger partial charge on any atom is -0.455 e. The molecule has 0 radical (unpaired) electrons. The van der Waals surface area contributed by atoms with E-state index < -0.39 is 5.41 Å². The maximum Gasteiger partial charge on any atom is 0.144 e. The number of thiophene rings is 1. The maximum absolute atomic E-state index is 6.78. The highest BCUT2D eigenvalue weighted by atomic mass is 32.1. The molecule has 0 aliphatic heterocycles. The Hall–Kier alpha value is -7.20. The SMILES string of the molecule is c1ccc(-c2ccccc2N(c2ccc3c(c2)C(c2ccccc2)(c2ccccc2)c2ccccc2-3)c2cc3c4ccccc4oc3c3c2sc2ccccc23)cc1. The highest BCUT2D eigenvalue weighted by Crippen LogP contribution is 2.58. The van der Waals surface area contributed by atoms with Crippen molar-refractivity contribution in [2.45, 2.75) is 5.41 Å². The molecule has 11 aromatic rings. The van der Waals surface area contributed by atoms with Gasteiger partial charge in [-0.3, -0.25) is 0 Å². The number of para-hydroxylation sites is 2. The van der Waals surface area contributed by atoms with Crippen LogP contribution in [0.25, 0.3) is 64.4 Å². The standard InChI is InChI=1S/C55H35NOS/c1-4-18-36(19-5-1)40-24-11-15-29-48(40)56(49-35-45-43-26-12-16-30-50(43)57-53(45)52-44-27-13-17-31-51(44)58-54(49)52)39-32-33-42-41-25-10-14-28-46(41)55(47(42)34-39,37-20-6-2-7-21-37)38-22-8-3-9-23-38/h1-35H. The van der Waals surface area contributed by atoms with Gasteiger partial charge in [0.05, 0.1) is 21.5 Å². The Balaban J connectivity index is 1.23. The fourth-order valence-corrected chi connectivity index (χ4v) is 10.9. The van der Waals surface area contributed by atoms with Crippen molar-refractivity contribution in [3.05, 3.63) is 235 Å². The Morgan fingerprint density at radius 2 is 1.03 bits per heavy atom. The quantitative estimate of drug-likeness (QED) is 0.168. The molecule has 0 N–H and O–H groups in total. The number of fused-ring (bicyclic) bond motifs is 10. The van der Waals surface area contributed by atoms with E-state index in [4.69, 9.17) is 4.42 Å². The number of nitrogens with zero attached hydrogens (tertiary/aromatic N) is 1. The van der Waals surface area contributed by atoms with Gasteiger partial charge in [0.2, 0.25) is 0 Å². The van der Waals surface area contributed by atoms with Crippen LogP contribution in [0.4, 0.5) is 17.1 Å². The molecule has 0 fully saturated rings. The van der Waals surface area contributed by atoms with E-state index in [1.54, 1.807) is 0 Å². The van der Waals surface area contributed by atoms with E-state index >= 15 is 0 Å². The van der Waals surface area contributed by atoms with Crippen molar-refractivity contribution >= 4 is 70.5 Å². The Morgan fingerprint density at radius 1 is 0.431 bits per heavy atom. The van der Waals surface area contributed by atoms with Crippen molar-refractivity contribution in [2.24, 2.45) is 0 Å². The number of benzene rings is 9. The summed E-state index contributed by atoms with van der Waals surface area (Å²) in [5.74, 6) is 0. The summed E-state index contributed by atoms with van der Waals surface area (Å²) >= 11 is 1.84. The van der Waals surface area contributed by atoms with Crippen LogP contribution < -0.4 is 4.90 Å². The lowest BCUT2D eigenvalue weighted by Gasteiger charge is -2.35. The van der Waals surface area contributed by atoms with Gasteiger partial charge in [-0.15, -0.1) is 11.3 Å². The van der Waals surface area contributed by atoms with Gasteiger partial charge in [0, 0.05) is 37.5 Å². The van der Waals surface area contributed by atoms with Crippen LogP contribution in [-0.4, -0.2) is 0 Å². The van der Waals surface area contributed by atoms with E-state index in [0.29, 0.717) is 0 Å². The highest BCUT2D eigenvalue weighted by molar-refractivity contribution is 7.26. The summed E-state index contributed by atoms with van der Waals surface area (Å²) in [6, 6.07) is 77.5. The number of hydrogen-bond acceptors (Lipinski definition) is 3. The molecule has 2 aromatic heterocycles. The lowest BCUT2D eigenvalue weighted by atomic mass is 9.67. The summed E-state index contributed by atoms with van der Waals surface area (Å²) in [6.45, 7) is 0. The number of hydrogen-bond donors (Lipinski definition) is 0. The van der Waals surface area contributed by atoms with Gasteiger partial charge in [-0.2, -0.15) is 0 Å². The van der Waals surface area contributed by atoms with Gasteiger partial charge in [-0.1, -0.05) is 176 Å². The molecule has 3 heteroatoms. The van der Waals surface area contributed by atoms with E-state index in [2.05, 4.69) is 217 Å². The zero-order valence-corrected chi connectivity index (χ0v) is 32.3. The molecule has 58 heavy (non-hydrogen) atoms. The van der Waals surface area contributed by atoms with Gasteiger partial charge in [-0.25, -0.2) is 0 Å². The second-order valence-corrected chi connectivity index (χ2v) is 16.2. The minimum absolute atomic E-state index is 0.535. The highest BCUT2D eigenvalue weighted by Gasteiger charge is 2.46. The monoisotopic (exact) mass is 757 g/mol. The van der Waals surface area contributed by atoms with Crippen LogP contribution >= 0.6 is 11.3 Å². The summed E-state index contributed by atoms with van der Waals surface area (Å²) in [5, 5.41) is 4.59. The van der Waals surface area contributed by atoms with Crippen LogP contribution in [0.5, 0.6) is 0 Å². The fourth-order valence-electron chi connectivity index (χ4n) is 9.72. The van der Waals surface area contributed by atoms with Crippen molar-refractivity contribution < 1.29 is 4.42 Å². The molecule has 0 atom stereocenters. The summed E-state index contributed by atoms with van der Waals surface area (Å²) in [7, 11) is 0. The van der Waals surface area contributed by atoms with E-state index in [9.17, 15) is 0 Å². The summed E-state index contributed by atoms with van der Waals surface area (Å²) < 4.78 is 9.21. The van der Waals surface area contributed by atoms with Gasteiger partial charge < -0.3 is 9.32 Å². The van der Waals surface area contributed by atoms with Gasteiger partial charge in [0.1, 0.15) is 11.2 Å². The van der Waals surface area contributed by atoms with Crippen LogP contribution in [0.2, 0.25) is 0 Å². The largest absolute Gasteiger partial charge is 0.455 e.